The molecule has 7 heteroatoms. The number of carbonyl (C=O) groups excluding carboxylic acids is 1. The fraction of sp³-hybridized carbons (Fsp3) is 0.0714. The monoisotopic (exact) mass is 306 g/mol. The average Bonchev–Trinajstić information content (AvgIpc) is 2.96. The van der Waals surface area contributed by atoms with E-state index in [1.54, 1.807) is 25.3 Å². The van der Waals surface area contributed by atoms with E-state index in [2.05, 4.69) is 0 Å². The number of amides is 1. The Labute approximate surface area is 122 Å². The van der Waals surface area contributed by atoms with Gasteiger partial charge in [0.25, 0.3) is 5.91 Å². The van der Waals surface area contributed by atoms with Crippen LogP contribution in [-0.4, -0.2) is 21.4 Å². The molecule has 0 atom stereocenters. The summed E-state index contributed by atoms with van der Waals surface area (Å²) in [5, 5.41) is 5.01. The molecule has 0 radical (unpaired) electrons. The van der Waals surface area contributed by atoms with Crippen LogP contribution in [0.4, 0.5) is 5.69 Å². The Morgan fingerprint density at radius 2 is 1.90 bits per heavy atom. The van der Waals surface area contributed by atoms with Crippen molar-refractivity contribution >= 4 is 27.7 Å². The zero-order chi connectivity index (χ0) is 15.5. The number of furan rings is 1. The highest BCUT2D eigenvalue weighted by atomic mass is 32.2. The van der Waals surface area contributed by atoms with Crippen molar-refractivity contribution in [2.24, 2.45) is 5.14 Å². The maximum absolute atomic E-state index is 12.0. The lowest BCUT2D eigenvalue weighted by Crippen LogP contribution is -2.24. The SMILES string of the molecule is CN(C(=O)/C=C/c1ccco1)c1ccc(S(N)(=O)=O)cc1. The van der Waals surface area contributed by atoms with E-state index in [0.29, 0.717) is 11.4 Å². The fourth-order valence-corrected chi connectivity index (χ4v) is 2.15. The van der Waals surface area contributed by atoms with Crippen LogP contribution in [0.2, 0.25) is 0 Å². The Bertz CT molecular complexity index is 747. The Morgan fingerprint density at radius 1 is 1.24 bits per heavy atom. The van der Waals surface area contributed by atoms with E-state index in [-0.39, 0.29) is 10.8 Å². The zero-order valence-electron chi connectivity index (χ0n) is 11.3. The Morgan fingerprint density at radius 3 is 2.43 bits per heavy atom. The van der Waals surface area contributed by atoms with Crippen molar-refractivity contribution in [3.8, 4) is 0 Å². The summed E-state index contributed by atoms with van der Waals surface area (Å²) in [6, 6.07) is 9.18. The smallest absolute Gasteiger partial charge is 0.250 e. The van der Waals surface area contributed by atoms with E-state index < -0.39 is 10.0 Å². The average molecular weight is 306 g/mol. The molecule has 2 aromatic rings. The zero-order valence-corrected chi connectivity index (χ0v) is 12.1. The van der Waals surface area contributed by atoms with Gasteiger partial charge in [0.15, 0.2) is 0 Å². The minimum atomic E-state index is -3.74. The lowest BCUT2D eigenvalue weighted by atomic mass is 10.3. The molecule has 0 aliphatic heterocycles. The van der Waals surface area contributed by atoms with Crippen LogP contribution < -0.4 is 10.0 Å². The topological polar surface area (TPSA) is 93.6 Å². The summed E-state index contributed by atoms with van der Waals surface area (Å²) < 4.78 is 27.4. The molecular weight excluding hydrogens is 292 g/mol. The van der Waals surface area contributed by atoms with Gasteiger partial charge in [-0.3, -0.25) is 4.79 Å². The molecular formula is C14H14N2O4S. The third-order valence-electron chi connectivity index (χ3n) is 2.82. The summed E-state index contributed by atoms with van der Waals surface area (Å²) in [7, 11) is -2.15. The summed E-state index contributed by atoms with van der Waals surface area (Å²) >= 11 is 0. The lowest BCUT2D eigenvalue weighted by molar-refractivity contribution is -0.113. The molecule has 2 N–H and O–H groups in total. The predicted molar refractivity (Wildman–Crippen MR) is 79.0 cm³/mol. The molecule has 0 spiro atoms. The number of hydrogen-bond acceptors (Lipinski definition) is 4. The fourth-order valence-electron chi connectivity index (χ4n) is 1.64. The largest absolute Gasteiger partial charge is 0.465 e. The molecule has 0 aliphatic carbocycles. The molecule has 1 amide bonds. The maximum atomic E-state index is 12.0. The van der Waals surface area contributed by atoms with E-state index in [1.165, 1.54) is 41.5 Å². The summed E-state index contributed by atoms with van der Waals surface area (Å²) in [4.78, 5) is 13.4. The second-order valence-corrected chi connectivity index (χ2v) is 5.85. The first-order chi connectivity index (χ1) is 9.88. The van der Waals surface area contributed by atoms with Crippen molar-refractivity contribution in [3.63, 3.8) is 0 Å². The normalized spacial score (nSPS) is 11.7. The number of nitrogens with zero attached hydrogens (tertiary/aromatic N) is 1. The van der Waals surface area contributed by atoms with Gasteiger partial charge in [-0.1, -0.05) is 0 Å². The first kappa shape index (κ1) is 15.0. The van der Waals surface area contributed by atoms with Crippen molar-refractivity contribution in [1.29, 1.82) is 0 Å². The van der Waals surface area contributed by atoms with Crippen molar-refractivity contribution < 1.29 is 17.6 Å². The van der Waals surface area contributed by atoms with Crippen molar-refractivity contribution in [1.82, 2.24) is 0 Å². The summed E-state index contributed by atoms with van der Waals surface area (Å²) in [5.74, 6) is 0.302. The summed E-state index contributed by atoms with van der Waals surface area (Å²) in [6.07, 6.45) is 4.43. The van der Waals surface area contributed by atoms with Gasteiger partial charge >= 0.3 is 0 Å². The maximum Gasteiger partial charge on any atom is 0.250 e. The second-order valence-electron chi connectivity index (χ2n) is 4.28. The van der Waals surface area contributed by atoms with Gasteiger partial charge < -0.3 is 9.32 Å². The first-order valence-corrected chi connectivity index (χ1v) is 7.55. The lowest BCUT2D eigenvalue weighted by Gasteiger charge is -2.15. The Kier molecular flexibility index (Phi) is 4.25. The van der Waals surface area contributed by atoms with Gasteiger partial charge in [0.2, 0.25) is 10.0 Å². The molecule has 1 heterocycles. The van der Waals surface area contributed by atoms with Gasteiger partial charge in [-0.05, 0) is 42.5 Å². The number of rotatable bonds is 4. The number of anilines is 1. The van der Waals surface area contributed by atoms with Gasteiger partial charge in [0, 0.05) is 18.8 Å². The number of carbonyl (C=O) groups is 1. The minimum absolute atomic E-state index is 0.00164. The Balaban J connectivity index is 2.12. The molecule has 1 aromatic heterocycles. The summed E-state index contributed by atoms with van der Waals surface area (Å²) in [5.41, 5.74) is 0.552. The quantitative estimate of drug-likeness (QED) is 0.868. The molecule has 1 aromatic carbocycles. The third-order valence-corrected chi connectivity index (χ3v) is 3.75. The van der Waals surface area contributed by atoms with Crippen LogP contribution >= 0.6 is 0 Å². The number of primary sulfonamides is 1. The van der Waals surface area contributed by atoms with Gasteiger partial charge in [-0.2, -0.15) is 0 Å². The van der Waals surface area contributed by atoms with Crippen LogP contribution in [0.15, 0.2) is 58.1 Å². The van der Waals surface area contributed by atoms with Crippen LogP contribution in [0.3, 0.4) is 0 Å². The van der Waals surface area contributed by atoms with Gasteiger partial charge in [0.05, 0.1) is 11.2 Å². The van der Waals surface area contributed by atoms with Gasteiger partial charge in [0.1, 0.15) is 5.76 Å². The number of hydrogen-bond donors (Lipinski definition) is 1. The van der Waals surface area contributed by atoms with E-state index in [1.807, 2.05) is 0 Å². The highest BCUT2D eigenvalue weighted by Crippen LogP contribution is 2.16. The second kappa shape index (κ2) is 5.94. The van der Waals surface area contributed by atoms with Crippen LogP contribution in [0, 0.1) is 0 Å². The highest BCUT2D eigenvalue weighted by molar-refractivity contribution is 7.89. The number of nitrogens with two attached hydrogens (primary N) is 1. The molecule has 0 saturated carbocycles. The number of benzene rings is 1. The van der Waals surface area contributed by atoms with Crippen LogP contribution in [0.25, 0.3) is 6.08 Å². The molecule has 2 rings (SSSR count). The third kappa shape index (κ3) is 3.80. The van der Waals surface area contributed by atoms with Gasteiger partial charge in [-0.25, -0.2) is 13.6 Å². The van der Waals surface area contributed by atoms with E-state index >= 15 is 0 Å². The van der Waals surface area contributed by atoms with E-state index in [9.17, 15) is 13.2 Å². The standard InChI is InChI=1S/C14H14N2O4S/c1-16(14(17)9-6-12-3-2-10-20-12)11-4-7-13(8-5-11)21(15,18)19/h2-10H,1H3,(H2,15,18,19)/b9-6+. The van der Waals surface area contributed by atoms with Crippen LogP contribution in [0.5, 0.6) is 0 Å². The summed E-state index contributed by atoms with van der Waals surface area (Å²) in [6.45, 7) is 0. The van der Waals surface area contributed by atoms with Crippen molar-refractivity contribution in [2.75, 3.05) is 11.9 Å². The molecule has 0 saturated heterocycles. The molecule has 0 aliphatic rings. The molecule has 0 unspecified atom stereocenters. The predicted octanol–water partition coefficient (Wildman–Crippen LogP) is 1.60. The molecule has 0 bridgehead atoms. The molecule has 0 fully saturated rings. The first-order valence-electron chi connectivity index (χ1n) is 6.00. The van der Waals surface area contributed by atoms with Crippen molar-refractivity contribution in [2.45, 2.75) is 4.90 Å². The van der Waals surface area contributed by atoms with E-state index in [4.69, 9.17) is 9.56 Å². The Hall–Kier alpha value is -2.38. The highest BCUT2D eigenvalue weighted by Gasteiger charge is 2.11. The van der Waals surface area contributed by atoms with E-state index in [0.717, 1.165) is 0 Å². The van der Waals surface area contributed by atoms with Crippen molar-refractivity contribution in [3.05, 3.63) is 54.5 Å². The molecule has 110 valence electrons. The number of likely N-dealkylation sites (N-methyl/N-ethyl adjacent to an activating group) is 1. The molecule has 6 nitrogen and oxygen atoms in total. The number of sulfonamides is 1. The minimum Gasteiger partial charge on any atom is -0.465 e. The van der Waals surface area contributed by atoms with Crippen LogP contribution in [0.1, 0.15) is 5.76 Å². The molecule has 21 heavy (non-hydrogen) atoms. The van der Waals surface area contributed by atoms with Crippen LogP contribution in [-0.2, 0) is 14.8 Å². The van der Waals surface area contributed by atoms with Gasteiger partial charge in [-0.15, -0.1) is 0 Å².